The molecule has 2 fully saturated rings. The number of esters is 1. The number of anilines is 1. The normalized spacial score (nSPS) is 32.7. The van der Waals surface area contributed by atoms with E-state index in [9.17, 15) is 19.2 Å². The molecule has 3 amide bonds. The number of rotatable bonds is 8. The van der Waals surface area contributed by atoms with Gasteiger partial charge in [-0.25, -0.2) is 9.59 Å². The molecule has 0 saturated carbocycles. The number of amides is 3. The molecule has 0 aromatic heterocycles. The fourth-order valence-electron chi connectivity index (χ4n) is 7.12. The first-order chi connectivity index (χ1) is 24.9. The molecule has 4 rings (SSSR count). The molecule has 15 heteroatoms. The van der Waals surface area contributed by atoms with Crippen LogP contribution in [0.1, 0.15) is 66.1 Å². The van der Waals surface area contributed by atoms with Gasteiger partial charge in [0.1, 0.15) is 46.8 Å². The van der Waals surface area contributed by atoms with Gasteiger partial charge in [-0.15, -0.1) is 0 Å². The number of benzene rings is 1. The number of halogens is 1. The zero-order valence-corrected chi connectivity index (χ0v) is 33.4. The lowest BCUT2D eigenvalue weighted by Gasteiger charge is -2.44. The van der Waals surface area contributed by atoms with Gasteiger partial charge >= 0.3 is 12.1 Å². The molecule has 9 atom stereocenters. The highest BCUT2D eigenvalue weighted by Crippen LogP contribution is 2.49. The summed E-state index contributed by atoms with van der Waals surface area (Å²) in [5, 5.41) is 3.01. The third kappa shape index (κ3) is 8.51. The number of likely N-dealkylation sites (N-methyl/N-ethyl adjacent to an activating group) is 1. The molecule has 4 bridgehead atoms. The summed E-state index contributed by atoms with van der Waals surface area (Å²) in [7, 11) is 9.13. The van der Waals surface area contributed by atoms with Gasteiger partial charge in [-0.05, 0) is 44.0 Å². The quantitative estimate of drug-likeness (QED) is 0.282. The maximum Gasteiger partial charge on any atom is 0.409 e. The second kappa shape index (κ2) is 16.8. The number of hydrogen-bond donors (Lipinski definition) is 1. The molecule has 53 heavy (non-hydrogen) atoms. The summed E-state index contributed by atoms with van der Waals surface area (Å²) in [5.41, 5.74) is -0.714. The van der Waals surface area contributed by atoms with Gasteiger partial charge in [0.15, 0.2) is 5.72 Å². The highest BCUT2D eigenvalue weighted by molar-refractivity contribution is 6.35. The van der Waals surface area contributed by atoms with Crippen molar-refractivity contribution in [2.24, 2.45) is 11.8 Å². The second-order valence-electron chi connectivity index (χ2n) is 14.4. The molecule has 1 N–H and O–H groups in total. The van der Waals surface area contributed by atoms with Crippen LogP contribution < -0.4 is 15.0 Å². The molecule has 1 aromatic rings. The number of nitrogens with one attached hydrogen (secondary N) is 1. The number of hydrogen-bond acceptors (Lipinski definition) is 11. The molecule has 0 aliphatic carbocycles. The Kier molecular flexibility index (Phi) is 13.3. The van der Waals surface area contributed by atoms with Crippen LogP contribution in [0, 0.1) is 11.8 Å². The van der Waals surface area contributed by atoms with E-state index in [4.69, 9.17) is 44.8 Å². The molecule has 0 spiro atoms. The Morgan fingerprint density at radius 1 is 1.11 bits per heavy atom. The largest absolute Gasteiger partial charge is 0.495 e. The summed E-state index contributed by atoms with van der Waals surface area (Å²) in [5.74, 6) is -1.89. The van der Waals surface area contributed by atoms with Crippen LogP contribution in [0.5, 0.6) is 5.75 Å². The topological polar surface area (TPSA) is 155 Å². The molecule has 14 nitrogen and oxygen atoms in total. The van der Waals surface area contributed by atoms with Gasteiger partial charge in [-0.3, -0.25) is 14.9 Å². The van der Waals surface area contributed by atoms with Gasteiger partial charge in [0.25, 0.3) is 0 Å². The summed E-state index contributed by atoms with van der Waals surface area (Å²) >= 11 is 6.81. The van der Waals surface area contributed by atoms with Gasteiger partial charge in [0.05, 0.1) is 25.3 Å². The van der Waals surface area contributed by atoms with Gasteiger partial charge < -0.3 is 43.0 Å². The van der Waals surface area contributed by atoms with E-state index in [2.05, 4.69) is 5.32 Å². The van der Waals surface area contributed by atoms with Crippen molar-refractivity contribution in [3.05, 3.63) is 46.5 Å². The molecule has 0 radical (unpaired) electrons. The van der Waals surface area contributed by atoms with Crippen LogP contribution in [0.3, 0.4) is 0 Å². The van der Waals surface area contributed by atoms with Crippen molar-refractivity contribution in [3.8, 4) is 5.75 Å². The van der Waals surface area contributed by atoms with Crippen LogP contribution in [0.15, 0.2) is 35.9 Å². The lowest BCUT2D eigenvalue weighted by atomic mass is 9.83. The Morgan fingerprint density at radius 2 is 1.79 bits per heavy atom. The Labute approximate surface area is 317 Å². The molecule has 3 heterocycles. The van der Waals surface area contributed by atoms with Crippen LogP contribution in [-0.4, -0.2) is 113 Å². The van der Waals surface area contributed by atoms with Gasteiger partial charge in [0.2, 0.25) is 11.8 Å². The van der Waals surface area contributed by atoms with Crippen LogP contribution >= 0.6 is 11.6 Å². The number of methoxy groups -OCH3 is 4. The first kappa shape index (κ1) is 42.1. The number of nitrogens with zero attached hydrogens (tertiary/aromatic N) is 2. The Bertz CT molecular complexity index is 1620. The molecule has 294 valence electrons. The molecule has 2 saturated heterocycles. The minimum absolute atomic E-state index is 0.175. The zero-order valence-electron chi connectivity index (χ0n) is 32.7. The number of fused-ring (bicyclic) bond motifs is 5. The third-order valence-electron chi connectivity index (χ3n) is 10.7. The van der Waals surface area contributed by atoms with Crippen LogP contribution in [0.4, 0.5) is 10.5 Å². The summed E-state index contributed by atoms with van der Waals surface area (Å²) in [6.45, 7) is 10.5. The lowest BCUT2D eigenvalue weighted by molar-refractivity contribution is -0.162. The molecule has 1 aromatic carbocycles. The summed E-state index contributed by atoms with van der Waals surface area (Å²) in [6, 6.07) is 2.52. The maximum atomic E-state index is 14.2. The van der Waals surface area contributed by atoms with Crippen molar-refractivity contribution in [3.63, 3.8) is 0 Å². The maximum absolute atomic E-state index is 14.2. The van der Waals surface area contributed by atoms with Crippen LogP contribution in [0.2, 0.25) is 5.02 Å². The number of allylic oxidation sites excluding steroid dienone is 2. The van der Waals surface area contributed by atoms with Crippen LogP contribution in [0.25, 0.3) is 0 Å². The smallest absolute Gasteiger partial charge is 0.409 e. The Balaban J connectivity index is 1.85. The molecular formula is C38H54ClN3O11. The second-order valence-corrected chi connectivity index (χ2v) is 14.8. The predicted molar refractivity (Wildman–Crippen MR) is 197 cm³/mol. The molecular weight excluding hydrogens is 710 g/mol. The van der Waals surface area contributed by atoms with E-state index in [-0.39, 0.29) is 29.7 Å². The lowest BCUT2D eigenvalue weighted by Crippen LogP contribution is -2.64. The first-order valence-electron chi connectivity index (χ1n) is 17.6. The van der Waals surface area contributed by atoms with E-state index in [1.165, 1.54) is 38.2 Å². The van der Waals surface area contributed by atoms with Crippen molar-refractivity contribution in [2.75, 3.05) is 47.4 Å². The van der Waals surface area contributed by atoms with E-state index in [1.807, 2.05) is 19.9 Å². The van der Waals surface area contributed by atoms with Crippen molar-refractivity contribution in [1.29, 1.82) is 0 Å². The van der Waals surface area contributed by atoms with Crippen molar-refractivity contribution >= 4 is 41.2 Å². The standard InChI is InChI=1S/C38H54ClN3O11/c1-20(2)34(44)41(7)23(5)35(45)52-29-18-30(43)42(8)25-16-24(17-26(47-9)31(25)39)32(49-11)21(3)14-13-15-28(48-10)38(50-12)19-27(51-36(46)40-38)22(4)33-37(29,6)53-33/h13-17,20,22-23,27-29,32-33H,18-19H2,1-12H3,(H,40,46)/b15-13+,21-14+. The molecule has 3 aliphatic heterocycles. The fraction of sp³-hybridized carbons (Fsp3) is 0.632. The van der Waals surface area contributed by atoms with E-state index in [0.29, 0.717) is 17.0 Å². The molecule has 3 aliphatic rings. The fourth-order valence-corrected chi connectivity index (χ4v) is 7.44. The van der Waals surface area contributed by atoms with Crippen molar-refractivity contribution in [2.45, 2.75) is 102 Å². The van der Waals surface area contributed by atoms with Gasteiger partial charge in [-0.2, -0.15) is 0 Å². The van der Waals surface area contributed by atoms with Gasteiger partial charge in [0, 0.05) is 53.7 Å². The SMILES string of the molecule is COc1cc2cc(c1Cl)N(C)C(=O)CC(OC(=O)C(C)N(C)C(=O)C(C)C)C1(C)OC1C(C)C1CC(OC)(NC(=O)O1)C(OC)/C=C/C=C(\C)C2OC. The summed E-state index contributed by atoms with van der Waals surface area (Å²) in [6.07, 6.45) is 0.782. The Morgan fingerprint density at radius 3 is 2.38 bits per heavy atom. The van der Waals surface area contributed by atoms with E-state index < -0.39 is 71.8 Å². The third-order valence-corrected chi connectivity index (χ3v) is 11.1. The average Bonchev–Trinajstić information content (AvgIpc) is 3.83. The average molecular weight is 764 g/mol. The van der Waals surface area contributed by atoms with Crippen LogP contribution in [-0.2, 0) is 42.8 Å². The summed E-state index contributed by atoms with van der Waals surface area (Å²) in [4.78, 5) is 56.5. The minimum Gasteiger partial charge on any atom is -0.495 e. The predicted octanol–water partition coefficient (Wildman–Crippen LogP) is 4.97. The highest BCUT2D eigenvalue weighted by atomic mass is 35.5. The zero-order chi connectivity index (χ0) is 39.6. The first-order valence-corrected chi connectivity index (χ1v) is 18.0. The summed E-state index contributed by atoms with van der Waals surface area (Å²) < 4.78 is 41.6. The number of carbonyl (C=O) groups is 4. The number of epoxide rings is 1. The number of carbonyl (C=O) groups excluding carboxylic acids is 4. The highest BCUT2D eigenvalue weighted by Gasteiger charge is 2.64. The van der Waals surface area contributed by atoms with Gasteiger partial charge in [-0.1, -0.05) is 50.6 Å². The van der Waals surface area contributed by atoms with E-state index in [1.54, 1.807) is 66.1 Å². The van der Waals surface area contributed by atoms with Crippen molar-refractivity contribution < 1.29 is 52.3 Å². The number of ether oxygens (including phenoxy) is 7. The van der Waals surface area contributed by atoms with E-state index in [0.717, 1.165) is 5.57 Å². The Hall–Kier alpha value is -3.69. The number of alkyl carbamates (subject to hydrolysis) is 1. The molecule has 9 unspecified atom stereocenters. The monoisotopic (exact) mass is 763 g/mol. The van der Waals surface area contributed by atoms with E-state index >= 15 is 0 Å². The van der Waals surface area contributed by atoms with Crippen molar-refractivity contribution in [1.82, 2.24) is 10.2 Å². The minimum atomic E-state index is -1.32.